The zero-order chi connectivity index (χ0) is 17.3. The Bertz CT molecular complexity index is 544. The van der Waals surface area contributed by atoms with Crippen molar-refractivity contribution >= 4 is 11.9 Å². The van der Waals surface area contributed by atoms with Crippen LogP contribution in [0.4, 0.5) is 13.2 Å². The van der Waals surface area contributed by atoms with Crippen molar-refractivity contribution < 1.29 is 18.0 Å². The molecule has 1 rings (SSSR count). The molecule has 0 bridgehead atoms. The summed E-state index contributed by atoms with van der Waals surface area (Å²) in [5.41, 5.74) is 1.52. The molecule has 1 amide bonds. The van der Waals surface area contributed by atoms with Gasteiger partial charge in [-0.05, 0) is 24.1 Å². The van der Waals surface area contributed by atoms with E-state index < -0.39 is 12.6 Å². The van der Waals surface area contributed by atoms with E-state index in [-0.39, 0.29) is 12.5 Å². The normalized spacial score (nSPS) is 12.0. The highest BCUT2D eigenvalue weighted by Gasteiger charge is 2.26. The van der Waals surface area contributed by atoms with Gasteiger partial charge in [-0.1, -0.05) is 12.1 Å². The zero-order valence-electron chi connectivity index (χ0n) is 13.1. The molecule has 8 heteroatoms. The number of benzene rings is 1. The Labute approximate surface area is 133 Å². The molecule has 0 saturated heterocycles. The first-order valence-electron chi connectivity index (χ1n) is 7.18. The van der Waals surface area contributed by atoms with E-state index in [4.69, 9.17) is 0 Å². The smallest absolute Gasteiger partial charge is 0.356 e. The van der Waals surface area contributed by atoms with E-state index in [2.05, 4.69) is 20.9 Å². The third-order valence-electron chi connectivity index (χ3n) is 3.05. The number of aliphatic imine (C=N–C) groups is 1. The summed E-state index contributed by atoms with van der Waals surface area (Å²) in [6, 6.07) is 7.16. The number of nitrogens with zero attached hydrogens (tertiary/aromatic N) is 1. The van der Waals surface area contributed by atoms with E-state index in [1.54, 1.807) is 25.2 Å². The lowest BCUT2D eigenvalue weighted by molar-refractivity contribution is -0.132. The fourth-order valence-corrected chi connectivity index (χ4v) is 1.88. The molecular weight excluding hydrogens is 309 g/mol. The molecule has 0 aliphatic carbocycles. The van der Waals surface area contributed by atoms with Gasteiger partial charge in [-0.15, -0.1) is 0 Å². The van der Waals surface area contributed by atoms with Gasteiger partial charge < -0.3 is 16.0 Å². The van der Waals surface area contributed by atoms with Crippen LogP contribution in [0.25, 0.3) is 0 Å². The van der Waals surface area contributed by atoms with Crippen LogP contribution in [-0.2, 0) is 6.42 Å². The summed E-state index contributed by atoms with van der Waals surface area (Å²) in [6.45, 7) is 0.262. The fraction of sp³-hybridized carbons (Fsp3) is 0.467. The van der Waals surface area contributed by atoms with Gasteiger partial charge >= 0.3 is 6.18 Å². The molecule has 0 spiro atoms. The molecule has 0 unspecified atom stereocenters. The van der Waals surface area contributed by atoms with Crippen LogP contribution in [0.2, 0.25) is 0 Å². The van der Waals surface area contributed by atoms with Gasteiger partial charge in [0, 0.05) is 32.7 Å². The first kappa shape index (κ1) is 18.8. The molecule has 1 aromatic rings. The van der Waals surface area contributed by atoms with Gasteiger partial charge in [-0.3, -0.25) is 9.79 Å². The first-order valence-corrected chi connectivity index (χ1v) is 7.18. The van der Waals surface area contributed by atoms with Crippen molar-refractivity contribution in [2.75, 3.05) is 27.2 Å². The number of carbonyl (C=O) groups is 1. The molecule has 3 N–H and O–H groups in total. The van der Waals surface area contributed by atoms with Gasteiger partial charge in [0.1, 0.15) is 0 Å². The number of nitrogens with one attached hydrogen (secondary N) is 3. The number of halogens is 3. The Kier molecular flexibility index (Phi) is 7.37. The molecule has 0 aliphatic heterocycles. The maximum atomic E-state index is 12.1. The van der Waals surface area contributed by atoms with Gasteiger partial charge in [0.15, 0.2) is 5.96 Å². The summed E-state index contributed by atoms with van der Waals surface area (Å²) in [5, 5.41) is 8.10. The van der Waals surface area contributed by atoms with Crippen LogP contribution in [0.1, 0.15) is 22.3 Å². The number of carbonyl (C=O) groups excluding carboxylic acids is 1. The lowest BCUT2D eigenvalue weighted by atomic mass is 10.1. The standard InChI is InChI=1S/C15H21F3N4O/c1-19-13(23)12-5-3-4-11(10-12)6-8-21-14(20-2)22-9-7-15(16,17)18/h3-5,10H,6-9H2,1-2H3,(H,19,23)(H2,20,21,22). The number of guanidine groups is 1. The summed E-state index contributed by atoms with van der Waals surface area (Å²) in [5.74, 6) is 0.154. The molecule has 0 aromatic heterocycles. The quantitative estimate of drug-likeness (QED) is 0.549. The lowest BCUT2D eigenvalue weighted by Gasteiger charge is -2.13. The van der Waals surface area contributed by atoms with E-state index in [1.807, 2.05) is 6.07 Å². The Morgan fingerprint density at radius 2 is 1.91 bits per heavy atom. The second-order valence-electron chi connectivity index (χ2n) is 4.82. The maximum absolute atomic E-state index is 12.1. The number of rotatable bonds is 6. The topological polar surface area (TPSA) is 65.5 Å². The fourth-order valence-electron chi connectivity index (χ4n) is 1.88. The van der Waals surface area contributed by atoms with Crippen molar-refractivity contribution in [1.82, 2.24) is 16.0 Å². The molecule has 0 radical (unpaired) electrons. The molecule has 1 aromatic carbocycles. The van der Waals surface area contributed by atoms with E-state index in [0.717, 1.165) is 5.56 Å². The minimum absolute atomic E-state index is 0.163. The second-order valence-corrected chi connectivity index (χ2v) is 4.82. The molecule has 0 aliphatic rings. The largest absolute Gasteiger partial charge is 0.390 e. The number of hydrogen-bond donors (Lipinski definition) is 3. The summed E-state index contributed by atoms with van der Waals surface area (Å²) >= 11 is 0. The van der Waals surface area contributed by atoms with E-state index in [1.165, 1.54) is 7.05 Å². The van der Waals surface area contributed by atoms with Crippen LogP contribution < -0.4 is 16.0 Å². The third kappa shape index (κ3) is 7.53. The molecule has 23 heavy (non-hydrogen) atoms. The molecule has 0 saturated carbocycles. The monoisotopic (exact) mass is 330 g/mol. The summed E-state index contributed by atoms with van der Waals surface area (Å²) in [7, 11) is 3.06. The van der Waals surface area contributed by atoms with Crippen LogP contribution in [0.5, 0.6) is 0 Å². The van der Waals surface area contributed by atoms with Crippen molar-refractivity contribution in [3.05, 3.63) is 35.4 Å². The number of amides is 1. The average Bonchev–Trinajstić information content (AvgIpc) is 2.51. The van der Waals surface area contributed by atoms with E-state index in [9.17, 15) is 18.0 Å². The highest BCUT2D eigenvalue weighted by atomic mass is 19.4. The minimum atomic E-state index is -4.19. The Morgan fingerprint density at radius 3 is 2.52 bits per heavy atom. The summed E-state index contributed by atoms with van der Waals surface area (Å²) < 4.78 is 36.2. The van der Waals surface area contributed by atoms with Crippen molar-refractivity contribution in [1.29, 1.82) is 0 Å². The van der Waals surface area contributed by atoms with Gasteiger partial charge in [0.2, 0.25) is 0 Å². The van der Waals surface area contributed by atoms with Crippen LogP contribution in [-0.4, -0.2) is 45.2 Å². The lowest BCUT2D eigenvalue weighted by Crippen LogP contribution is -2.39. The number of alkyl halides is 3. The van der Waals surface area contributed by atoms with Crippen LogP contribution in [0, 0.1) is 0 Å². The summed E-state index contributed by atoms with van der Waals surface area (Å²) in [6.07, 6.45) is -4.49. The molecule has 128 valence electrons. The van der Waals surface area contributed by atoms with Crippen LogP contribution in [0.3, 0.4) is 0 Å². The predicted octanol–water partition coefficient (Wildman–Crippen LogP) is 1.71. The highest BCUT2D eigenvalue weighted by Crippen LogP contribution is 2.18. The first-order chi connectivity index (χ1) is 10.9. The van der Waals surface area contributed by atoms with Crippen molar-refractivity contribution in [2.24, 2.45) is 4.99 Å². The van der Waals surface area contributed by atoms with Crippen molar-refractivity contribution in [2.45, 2.75) is 19.0 Å². The maximum Gasteiger partial charge on any atom is 0.390 e. The second kappa shape index (κ2) is 9.02. The molecule has 5 nitrogen and oxygen atoms in total. The predicted molar refractivity (Wildman–Crippen MR) is 83.6 cm³/mol. The highest BCUT2D eigenvalue weighted by molar-refractivity contribution is 5.94. The van der Waals surface area contributed by atoms with Gasteiger partial charge in [-0.2, -0.15) is 13.2 Å². The van der Waals surface area contributed by atoms with Crippen LogP contribution >= 0.6 is 0 Å². The average molecular weight is 330 g/mol. The van der Waals surface area contributed by atoms with Gasteiger partial charge in [-0.25, -0.2) is 0 Å². The SMILES string of the molecule is CN=C(NCCc1cccc(C(=O)NC)c1)NCCC(F)(F)F. The van der Waals surface area contributed by atoms with Gasteiger partial charge in [0.25, 0.3) is 5.91 Å². The van der Waals surface area contributed by atoms with Crippen molar-refractivity contribution in [3.8, 4) is 0 Å². The molecule has 0 fully saturated rings. The Morgan fingerprint density at radius 1 is 1.22 bits per heavy atom. The number of hydrogen-bond acceptors (Lipinski definition) is 2. The van der Waals surface area contributed by atoms with E-state index >= 15 is 0 Å². The van der Waals surface area contributed by atoms with Crippen molar-refractivity contribution in [3.63, 3.8) is 0 Å². The molecule has 0 atom stereocenters. The molecular formula is C15H21F3N4O. The Hall–Kier alpha value is -2.25. The minimum Gasteiger partial charge on any atom is -0.356 e. The summed E-state index contributed by atoms with van der Waals surface area (Å²) in [4.78, 5) is 15.4. The molecule has 0 heterocycles. The third-order valence-corrected chi connectivity index (χ3v) is 3.05. The van der Waals surface area contributed by atoms with Crippen LogP contribution in [0.15, 0.2) is 29.3 Å². The van der Waals surface area contributed by atoms with Gasteiger partial charge in [0.05, 0.1) is 6.42 Å². The zero-order valence-corrected chi connectivity index (χ0v) is 13.1. The van der Waals surface area contributed by atoms with E-state index in [0.29, 0.717) is 24.5 Å². The Balaban J connectivity index is 2.41.